The second-order valence-corrected chi connectivity index (χ2v) is 11.2. The van der Waals surface area contributed by atoms with Crippen molar-refractivity contribution >= 4 is 48.6 Å². The Bertz CT molecular complexity index is 998. The maximum atomic E-state index is 13.5. The molecule has 0 aliphatic carbocycles. The fourth-order valence-electron chi connectivity index (χ4n) is 5.57. The van der Waals surface area contributed by atoms with Crippen molar-refractivity contribution in [1.29, 1.82) is 0 Å². The van der Waals surface area contributed by atoms with Crippen molar-refractivity contribution in [3.05, 3.63) is 69.7 Å². The number of hydrogen-bond acceptors (Lipinski definition) is 3. The van der Waals surface area contributed by atoms with Crippen LogP contribution in [-0.4, -0.2) is 65.4 Å². The number of nitrogens with two attached hydrogens (primary N) is 1. The predicted octanol–water partition coefficient (Wildman–Crippen LogP) is 5.55. The zero-order valence-electron chi connectivity index (χ0n) is 21.6. The minimum absolute atomic E-state index is 0. The molecule has 0 aromatic heterocycles. The minimum Gasteiger partial charge on any atom is -0.351 e. The van der Waals surface area contributed by atoms with Gasteiger partial charge in [-0.15, -0.1) is 0 Å². The van der Waals surface area contributed by atoms with E-state index in [1.807, 2.05) is 24.3 Å². The van der Waals surface area contributed by atoms with E-state index >= 15 is 0 Å². The number of piperazine rings is 1. The third kappa shape index (κ3) is 7.34. The summed E-state index contributed by atoms with van der Waals surface area (Å²) in [6.45, 7) is 7.93. The Kier molecular flexibility index (Phi) is 10.6. The van der Waals surface area contributed by atoms with Crippen LogP contribution in [0.5, 0.6) is 0 Å². The molecule has 2 aliphatic rings. The molecule has 0 saturated carbocycles. The smallest absolute Gasteiger partial charge is 0.314 e. The van der Waals surface area contributed by atoms with Gasteiger partial charge in [0.2, 0.25) is 5.91 Å². The van der Waals surface area contributed by atoms with Gasteiger partial charge < -0.3 is 15.5 Å². The fraction of sp³-hybridized carbons (Fsp3) is 0.500. The third-order valence-corrected chi connectivity index (χ3v) is 8.17. The Hall–Kier alpha value is -1.93. The molecule has 37 heavy (non-hydrogen) atoms. The van der Waals surface area contributed by atoms with Crippen LogP contribution < -0.4 is 5.73 Å². The van der Waals surface area contributed by atoms with Gasteiger partial charge in [0.05, 0.1) is 6.04 Å². The van der Waals surface area contributed by atoms with E-state index in [1.54, 1.807) is 4.90 Å². The summed E-state index contributed by atoms with van der Waals surface area (Å²) in [6.07, 6.45) is 2.19. The van der Waals surface area contributed by atoms with Crippen molar-refractivity contribution in [3.63, 3.8) is 0 Å². The zero-order valence-corrected chi connectivity index (χ0v) is 24.1. The number of urea groups is 1. The first-order valence-electron chi connectivity index (χ1n) is 12.8. The van der Waals surface area contributed by atoms with Gasteiger partial charge in [0.15, 0.2) is 0 Å². The van der Waals surface area contributed by atoms with E-state index in [4.69, 9.17) is 28.9 Å². The molecule has 6 nitrogen and oxygen atoms in total. The van der Waals surface area contributed by atoms with Crippen LogP contribution in [0.25, 0.3) is 0 Å². The third-order valence-electron chi connectivity index (χ3n) is 7.67. The molecule has 0 radical (unpaired) electrons. The number of hydrogen-bond donors (Lipinski definition) is 1. The van der Waals surface area contributed by atoms with Gasteiger partial charge in [-0.05, 0) is 60.1 Å². The molecule has 2 fully saturated rings. The number of rotatable bonds is 6. The van der Waals surface area contributed by atoms with Crippen LogP contribution in [0.15, 0.2) is 48.5 Å². The largest absolute Gasteiger partial charge is 0.351 e. The molecule has 202 valence electrons. The second-order valence-electron chi connectivity index (χ2n) is 10.4. The molecule has 0 unspecified atom stereocenters. The molecule has 2 heterocycles. The Morgan fingerprint density at radius 2 is 1.41 bits per heavy atom. The molecule has 2 aliphatic heterocycles. The molecule has 3 amide bonds. The van der Waals surface area contributed by atoms with E-state index in [2.05, 4.69) is 47.9 Å². The zero-order chi connectivity index (χ0) is 25.8. The van der Waals surface area contributed by atoms with E-state index in [0.717, 1.165) is 25.9 Å². The highest BCUT2D eigenvalue weighted by Gasteiger charge is 2.37. The van der Waals surface area contributed by atoms with E-state index in [-0.39, 0.29) is 37.5 Å². The van der Waals surface area contributed by atoms with E-state index in [1.165, 1.54) is 11.1 Å². The van der Waals surface area contributed by atoms with Crippen LogP contribution in [-0.2, 0) is 4.79 Å². The average molecular weight is 566 g/mol. The summed E-state index contributed by atoms with van der Waals surface area (Å²) in [5, 5.41) is 1.43. The number of piperidine rings is 1. The van der Waals surface area contributed by atoms with Gasteiger partial charge in [0, 0.05) is 55.2 Å². The number of primary amides is 1. The Morgan fingerprint density at radius 3 is 1.86 bits per heavy atom. The molecule has 2 N–H and O–H groups in total. The maximum absolute atomic E-state index is 13.5. The van der Waals surface area contributed by atoms with Gasteiger partial charge in [-0.3, -0.25) is 9.69 Å². The highest BCUT2D eigenvalue weighted by Crippen LogP contribution is 2.34. The lowest BCUT2D eigenvalue weighted by Gasteiger charge is -2.47. The van der Waals surface area contributed by atoms with Gasteiger partial charge in [-0.25, -0.2) is 4.79 Å². The van der Waals surface area contributed by atoms with E-state index < -0.39 is 0 Å². The number of carbonyl (C=O) groups excluding carboxylic acids is 2. The van der Waals surface area contributed by atoms with Crippen molar-refractivity contribution in [1.82, 2.24) is 14.7 Å². The fourth-order valence-corrected chi connectivity index (χ4v) is 5.82. The van der Waals surface area contributed by atoms with E-state index in [9.17, 15) is 9.59 Å². The molecular weight excluding hydrogens is 527 g/mol. The van der Waals surface area contributed by atoms with Crippen LogP contribution >= 0.6 is 36.7 Å². The monoisotopic (exact) mass is 564 g/mol. The molecule has 0 bridgehead atoms. The Labute approximate surface area is 237 Å². The lowest BCUT2D eigenvalue weighted by molar-refractivity contribution is -0.139. The van der Waals surface area contributed by atoms with Crippen molar-refractivity contribution in [2.45, 2.75) is 45.2 Å². The SMILES string of the molecule is CC(C)[C@H]1CN(C(c2ccc(Cl)cc2)c2ccc(Cl)cc2)CCN1C(=O)CC1CCN(C(N)=O)CC1.S. The van der Waals surface area contributed by atoms with Crippen molar-refractivity contribution in [3.8, 4) is 0 Å². The minimum atomic E-state index is -0.369. The van der Waals surface area contributed by atoms with Crippen molar-refractivity contribution in [2.24, 2.45) is 17.6 Å². The Morgan fingerprint density at radius 1 is 0.892 bits per heavy atom. The Balaban J connectivity index is 0.00000380. The standard InChI is InChI=1S/C28H36Cl2N4O2.H2S/c1-19(2)25-18-33(15-16-34(25)26(35)17-20-11-13-32(14-12-20)28(31)36)27(21-3-7-23(29)8-4-21)22-5-9-24(30)10-6-22;/h3-10,19-20,25,27H,11-18H2,1-2H3,(H2,31,36);1H2/t25-;/m1./s1. The van der Waals surface area contributed by atoms with Crippen molar-refractivity contribution < 1.29 is 9.59 Å². The molecule has 2 aromatic carbocycles. The number of likely N-dealkylation sites (tertiary alicyclic amines) is 1. The van der Waals surface area contributed by atoms with Crippen LogP contribution in [0.3, 0.4) is 0 Å². The summed E-state index contributed by atoms with van der Waals surface area (Å²) in [5.41, 5.74) is 7.76. The summed E-state index contributed by atoms with van der Waals surface area (Å²) >= 11 is 12.4. The van der Waals surface area contributed by atoms with Gasteiger partial charge in [-0.2, -0.15) is 13.5 Å². The lowest BCUT2D eigenvalue weighted by atomic mass is 9.90. The number of benzene rings is 2. The molecule has 9 heteroatoms. The molecule has 2 saturated heterocycles. The highest BCUT2D eigenvalue weighted by atomic mass is 35.5. The van der Waals surface area contributed by atoms with Gasteiger partial charge in [-0.1, -0.05) is 61.3 Å². The molecule has 0 spiro atoms. The summed E-state index contributed by atoms with van der Waals surface area (Å²) in [5.74, 6) is 0.847. The summed E-state index contributed by atoms with van der Waals surface area (Å²) in [7, 11) is 0. The summed E-state index contributed by atoms with van der Waals surface area (Å²) in [6, 6.07) is 15.9. The first-order valence-corrected chi connectivity index (χ1v) is 13.6. The van der Waals surface area contributed by atoms with Crippen LogP contribution in [0, 0.1) is 11.8 Å². The highest BCUT2D eigenvalue weighted by molar-refractivity contribution is 7.59. The summed E-state index contributed by atoms with van der Waals surface area (Å²) < 4.78 is 0. The van der Waals surface area contributed by atoms with Crippen LogP contribution in [0.2, 0.25) is 10.0 Å². The lowest BCUT2D eigenvalue weighted by Crippen LogP contribution is -2.58. The number of nitrogens with zero attached hydrogens (tertiary/aromatic N) is 3. The molecule has 1 atom stereocenters. The van der Waals surface area contributed by atoms with Crippen molar-refractivity contribution in [2.75, 3.05) is 32.7 Å². The first-order chi connectivity index (χ1) is 17.2. The molecule has 4 rings (SSSR count). The second kappa shape index (κ2) is 13.2. The van der Waals surface area contributed by atoms with Crippen LogP contribution in [0.4, 0.5) is 4.79 Å². The molecule has 2 aromatic rings. The quantitative estimate of drug-likeness (QED) is 0.500. The normalized spacial score (nSPS) is 19.2. The first kappa shape index (κ1) is 29.6. The predicted molar refractivity (Wildman–Crippen MR) is 156 cm³/mol. The maximum Gasteiger partial charge on any atom is 0.314 e. The van der Waals surface area contributed by atoms with Gasteiger partial charge >= 0.3 is 6.03 Å². The topological polar surface area (TPSA) is 69.9 Å². The van der Waals surface area contributed by atoms with Crippen LogP contribution in [0.1, 0.15) is 50.3 Å². The van der Waals surface area contributed by atoms with Gasteiger partial charge in [0.1, 0.15) is 0 Å². The number of halogens is 2. The molecular formula is C28H38Cl2N4O2S. The number of amides is 3. The average Bonchev–Trinajstić information content (AvgIpc) is 2.86. The number of carbonyl (C=O) groups is 2. The van der Waals surface area contributed by atoms with E-state index in [0.29, 0.717) is 47.9 Å². The van der Waals surface area contributed by atoms with Gasteiger partial charge in [0.25, 0.3) is 0 Å². The summed E-state index contributed by atoms with van der Waals surface area (Å²) in [4.78, 5) is 31.1.